The van der Waals surface area contributed by atoms with Crippen LogP contribution in [-0.4, -0.2) is 19.1 Å². The third kappa shape index (κ3) is 6.16. The lowest BCUT2D eigenvalue weighted by Crippen LogP contribution is -2.49. The van der Waals surface area contributed by atoms with Crippen molar-refractivity contribution in [3.05, 3.63) is 71.8 Å². The van der Waals surface area contributed by atoms with Gasteiger partial charge in [-0.2, -0.15) is 0 Å². The van der Waals surface area contributed by atoms with E-state index in [2.05, 4.69) is 5.32 Å². The standard InChI is InChI=1S/C20H26N2O2.ClH/c1-16(17-10-5-3-6-11-17)24-15-9-14-22-19(23)20(2,21)18-12-7-4-8-13-18;/h3-8,10-13,16H,9,14-15,21H2,1-2H3,(H,22,23);1H. The fourth-order valence-corrected chi connectivity index (χ4v) is 2.45. The summed E-state index contributed by atoms with van der Waals surface area (Å²) < 4.78 is 5.80. The zero-order valence-corrected chi connectivity index (χ0v) is 15.6. The maximum absolute atomic E-state index is 12.3. The largest absolute Gasteiger partial charge is 0.374 e. The van der Waals surface area contributed by atoms with Crippen LogP contribution in [0.4, 0.5) is 0 Å². The summed E-state index contributed by atoms with van der Waals surface area (Å²) in [6.07, 6.45) is 0.791. The molecule has 5 heteroatoms. The van der Waals surface area contributed by atoms with Crippen molar-refractivity contribution in [2.45, 2.75) is 31.9 Å². The van der Waals surface area contributed by atoms with Gasteiger partial charge in [-0.1, -0.05) is 60.7 Å². The first-order valence-electron chi connectivity index (χ1n) is 8.31. The Bertz CT molecular complexity index is 633. The summed E-state index contributed by atoms with van der Waals surface area (Å²) in [7, 11) is 0. The fraction of sp³-hybridized carbons (Fsp3) is 0.350. The zero-order chi connectivity index (χ0) is 17.4. The normalized spacial score (nSPS) is 14.0. The van der Waals surface area contributed by atoms with E-state index in [1.165, 1.54) is 0 Å². The Balaban J connectivity index is 0.00000312. The smallest absolute Gasteiger partial charge is 0.244 e. The predicted octanol–water partition coefficient (Wildman–Crippen LogP) is 3.57. The van der Waals surface area contributed by atoms with Crippen molar-refractivity contribution in [1.82, 2.24) is 5.32 Å². The first-order valence-corrected chi connectivity index (χ1v) is 8.31. The topological polar surface area (TPSA) is 64.3 Å². The van der Waals surface area contributed by atoms with Gasteiger partial charge in [-0.25, -0.2) is 0 Å². The molecule has 2 unspecified atom stereocenters. The molecule has 25 heavy (non-hydrogen) atoms. The zero-order valence-electron chi connectivity index (χ0n) is 14.8. The van der Waals surface area contributed by atoms with Crippen LogP contribution in [-0.2, 0) is 15.1 Å². The van der Waals surface area contributed by atoms with Crippen LogP contribution >= 0.6 is 12.4 Å². The van der Waals surface area contributed by atoms with Crippen LogP contribution in [0.3, 0.4) is 0 Å². The minimum absolute atomic E-state index is 0. The van der Waals surface area contributed by atoms with Crippen molar-refractivity contribution in [3.8, 4) is 0 Å². The molecule has 3 N–H and O–H groups in total. The molecular formula is C20H27ClN2O2. The van der Waals surface area contributed by atoms with Gasteiger partial charge in [0.1, 0.15) is 5.54 Å². The highest BCUT2D eigenvalue weighted by Crippen LogP contribution is 2.18. The molecule has 0 aliphatic carbocycles. The molecule has 0 radical (unpaired) electrons. The molecule has 2 aromatic carbocycles. The van der Waals surface area contributed by atoms with E-state index in [1.807, 2.05) is 67.6 Å². The highest BCUT2D eigenvalue weighted by Gasteiger charge is 2.29. The molecule has 0 aliphatic rings. The van der Waals surface area contributed by atoms with Crippen molar-refractivity contribution in [2.75, 3.05) is 13.2 Å². The van der Waals surface area contributed by atoms with Crippen LogP contribution in [0.5, 0.6) is 0 Å². The average molecular weight is 363 g/mol. The van der Waals surface area contributed by atoms with Gasteiger partial charge in [0.25, 0.3) is 0 Å². The summed E-state index contributed by atoms with van der Waals surface area (Å²) in [6.45, 7) is 4.88. The lowest BCUT2D eigenvalue weighted by atomic mass is 9.92. The van der Waals surface area contributed by atoms with Gasteiger partial charge in [-0.05, 0) is 31.4 Å². The van der Waals surface area contributed by atoms with Crippen molar-refractivity contribution in [3.63, 3.8) is 0 Å². The van der Waals surface area contributed by atoms with E-state index in [0.717, 1.165) is 17.5 Å². The van der Waals surface area contributed by atoms with Crippen molar-refractivity contribution >= 4 is 18.3 Å². The van der Waals surface area contributed by atoms with E-state index in [9.17, 15) is 4.79 Å². The number of benzene rings is 2. The molecule has 2 atom stereocenters. The minimum atomic E-state index is -1.03. The SMILES string of the molecule is CC(OCCCNC(=O)C(C)(N)c1ccccc1)c1ccccc1.Cl. The van der Waals surface area contributed by atoms with Crippen LogP contribution < -0.4 is 11.1 Å². The highest BCUT2D eigenvalue weighted by molar-refractivity contribution is 5.86. The number of nitrogens with two attached hydrogens (primary N) is 1. The summed E-state index contributed by atoms with van der Waals surface area (Å²) in [4.78, 5) is 12.3. The van der Waals surface area contributed by atoms with Gasteiger partial charge in [0.05, 0.1) is 6.10 Å². The summed E-state index contributed by atoms with van der Waals surface area (Å²) in [5.41, 5.74) is 7.10. The van der Waals surface area contributed by atoms with Gasteiger partial charge >= 0.3 is 0 Å². The van der Waals surface area contributed by atoms with Crippen LogP contribution in [0, 0.1) is 0 Å². The number of hydrogen-bond donors (Lipinski definition) is 2. The molecule has 0 bridgehead atoms. The fourth-order valence-electron chi connectivity index (χ4n) is 2.45. The molecule has 1 amide bonds. The maximum Gasteiger partial charge on any atom is 0.244 e. The van der Waals surface area contributed by atoms with Crippen LogP contribution in [0.15, 0.2) is 60.7 Å². The second-order valence-electron chi connectivity index (χ2n) is 6.10. The number of ether oxygens (including phenoxy) is 1. The van der Waals surface area contributed by atoms with Gasteiger partial charge in [0.15, 0.2) is 0 Å². The van der Waals surface area contributed by atoms with Crippen molar-refractivity contribution in [1.29, 1.82) is 0 Å². The third-order valence-electron chi connectivity index (χ3n) is 4.09. The van der Waals surface area contributed by atoms with Crippen LogP contribution in [0.1, 0.15) is 37.5 Å². The number of rotatable bonds is 8. The van der Waals surface area contributed by atoms with E-state index in [-0.39, 0.29) is 24.4 Å². The van der Waals surface area contributed by atoms with E-state index in [1.54, 1.807) is 6.92 Å². The second-order valence-corrected chi connectivity index (χ2v) is 6.10. The minimum Gasteiger partial charge on any atom is -0.374 e. The molecule has 0 fully saturated rings. The molecule has 0 aliphatic heterocycles. The summed E-state index contributed by atoms with van der Waals surface area (Å²) in [5.74, 6) is -0.176. The first-order chi connectivity index (χ1) is 11.5. The Labute approximate surface area is 156 Å². The van der Waals surface area contributed by atoms with Crippen molar-refractivity contribution in [2.24, 2.45) is 5.73 Å². The van der Waals surface area contributed by atoms with E-state index in [0.29, 0.717) is 13.2 Å². The Kier molecular flexibility index (Phi) is 8.62. The molecule has 0 saturated heterocycles. The summed E-state index contributed by atoms with van der Waals surface area (Å²) in [6, 6.07) is 19.5. The number of amides is 1. The maximum atomic E-state index is 12.3. The quantitative estimate of drug-likeness (QED) is 0.705. The molecular weight excluding hydrogens is 336 g/mol. The molecule has 4 nitrogen and oxygen atoms in total. The Morgan fingerprint density at radius 3 is 2.28 bits per heavy atom. The molecule has 136 valence electrons. The second kappa shape index (κ2) is 10.2. The number of carbonyl (C=O) groups is 1. The average Bonchev–Trinajstić information content (AvgIpc) is 2.62. The molecule has 0 spiro atoms. The number of carbonyl (C=O) groups excluding carboxylic acids is 1. The van der Waals surface area contributed by atoms with Gasteiger partial charge in [0, 0.05) is 13.2 Å². The molecule has 0 aromatic heterocycles. The van der Waals surface area contributed by atoms with Gasteiger partial charge < -0.3 is 15.8 Å². The lowest BCUT2D eigenvalue weighted by Gasteiger charge is -2.24. The van der Waals surface area contributed by atoms with Gasteiger partial charge in [-0.15, -0.1) is 12.4 Å². The summed E-state index contributed by atoms with van der Waals surface area (Å²) >= 11 is 0. The number of nitrogens with one attached hydrogen (secondary N) is 1. The Hall–Kier alpha value is -1.88. The molecule has 0 saturated carbocycles. The van der Waals surface area contributed by atoms with E-state index < -0.39 is 5.54 Å². The summed E-state index contributed by atoms with van der Waals surface area (Å²) in [5, 5.41) is 2.89. The molecule has 2 rings (SSSR count). The van der Waals surface area contributed by atoms with Crippen molar-refractivity contribution < 1.29 is 9.53 Å². The molecule has 2 aromatic rings. The predicted molar refractivity (Wildman–Crippen MR) is 104 cm³/mol. The first kappa shape index (κ1) is 21.2. The van der Waals surface area contributed by atoms with E-state index >= 15 is 0 Å². The monoisotopic (exact) mass is 362 g/mol. The van der Waals surface area contributed by atoms with Gasteiger partial charge in [-0.3, -0.25) is 4.79 Å². The number of halogens is 1. The van der Waals surface area contributed by atoms with Crippen LogP contribution in [0.2, 0.25) is 0 Å². The Morgan fingerprint density at radius 1 is 1.12 bits per heavy atom. The molecule has 0 heterocycles. The lowest BCUT2D eigenvalue weighted by molar-refractivity contribution is -0.126. The Morgan fingerprint density at radius 2 is 1.68 bits per heavy atom. The number of hydrogen-bond acceptors (Lipinski definition) is 3. The third-order valence-corrected chi connectivity index (χ3v) is 4.09. The van der Waals surface area contributed by atoms with Crippen LogP contribution in [0.25, 0.3) is 0 Å². The van der Waals surface area contributed by atoms with Gasteiger partial charge in [0.2, 0.25) is 5.91 Å². The highest BCUT2D eigenvalue weighted by atomic mass is 35.5. The van der Waals surface area contributed by atoms with E-state index in [4.69, 9.17) is 10.5 Å².